The number of aldehydes is 1. The Morgan fingerprint density at radius 1 is 1.73 bits per heavy atom. The van der Waals surface area contributed by atoms with E-state index in [4.69, 9.17) is 5.73 Å². The Labute approximate surface area is 66.1 Å². The lowest BCUT2D eigenvalue weighted by Crippen LogP contribution is -2.35. The molecule has 0 bridgehead atoms. The fourth-order valence-electron chi connectivity index (χ4n) is 0.715. The second-order valence-electron chi connectivity index (χ2n) is 2.37. The minimum Gasteiger partial charge on any atom is -0.370 e. The second-order valence-corrected chi connectivity index (χ2v) is 2.37. The second kappa shape index (κ2) is 5.85. The van der Waals surface area contributed by atoms with Crippen LogP contribution in [-0.4, -0.2) is 24.8 Å². The SMILES string of the molecule is CCCN[C@@H](C=O)CC(N)=O. The predicted molar refractivity (Wildman–Crippen MR) is 42.0 cm³/mol. The lowest BCUT2D eigenvalue weighted by atomic mass is 10.2. The predicted octanol–water partition coefficient (Wildman–Crippen LogP) is -0.571. The number of amides is 1. The highest BCUT2D eigenvalue weighted by Crippen LogP contribution is 1.86. The monoisotopic (exact) mass is 158 g/mol. The maximum absolute atomic E-state index is 10.4. The van der Waals surface area contributed by atoms with Gasteiger partial charge in [0.15, 0.2) is 0 Å². The Morgan fingerprint density at radius 3 is 2.73 bits per heavy atom. The van der Waals surface area contributed by atoms with Crippen molar-refractivity contribution in [3.63, 3.8) is 0 Å². The minimum atomic E-state index is -0.453. The summed E-state index contributed by atoms with van der Waals surface area (Å²) in [7, 11) is 0. The van der Waals surface area contributed by atoms with Crippen molar-refractivity contribution >= 4 is 12.2 Å². The van der Waals surface area contributed by atoms with Crippen LogP contribution in [0.5, 0.6) is 0 Å². The van der Waals surface area contributed by atoms with Crippen LogP contribution in [0.3, 0.4) is 0 Å². The summed E-state index contributed by atoms with van der Waals surface area (Å²) in [5.41, 5.74) is 4.90. The van der Waals surface area contributed by atoms with Crippen LogP contribution in [0.2, 0.25) is 0 Å². The molecule has 1 atom stereocenters. The van der Waals surface area contributed by atoms with Gasteiger partial charge in [-0.3, -0.25) is 4.79 Å². The standard InChI is InChI=1S/C7H14N2O2/c1-2-3-9-6(5-10)4-7(8)11/h5-6,9H,2-4H2,1H3,(H2,8,11)/t6-/m1/s1. The van der Waals surface area contributed by atoms with E-state index in [1.165, 1.54) is 0 Å². The Hall–Kier alpha value is -0.900. The molecule has 0 aliphatic heterocycles. The number of carbonyl (C=O) groups is 2. The first kappa shape index (κ1) is 10.1. The van der Waals surface area contributed by atoms with Gasteiger partial charge in [0.05, 0.1) is 6.04 Å². The summed E-state index contributed by atoms with van der Waals surface area (Å²) in [6.45, 7) is 2.72. The van der Waals surface area contributed by atoms with Crippen LogP contribution in [0.15, 0.2) is 0 Å². The third-order valence-corrected chi connectivity index (χ3v) is 1.24. The summed E-state index contributed by atoms with van der Waals surface area (Å²) < 4.78 is 0. The molecule has 3 N–H and O–H groups in total. The summed E-state index contributed by atoms with van der Waals surface area (Å²) >= 11 is 0. The summed E-state index contributed by atoms with van der Waals surface area (Å²) in [4.78, 5) is 20.6. The van der Waals surface area contributed by atoms with Crippen molar-refractivity contribution in [2.45, 2.75) is 25.8 Å². The van der Waals surface area contributed by atoms with Gasteiger partial charge in [-0.2, -0.15) is 0 Å². The number of carbonyl (C=O) groups excluding carboxylic acids is 2. The van der Waals surface area contributed by atoms with Gasteiger partial charge in [-0.1, -0.05) is 6.92 Å². The first-order valence-electron chi connectivity index (χ1n) is 3.67. The molecule has 0 saturated heterocycles. The number of nitrogens with one attached hydrogen (secondary N) is 1. The molecule has 0 aromatic carbocycles. The fourth-order valence-corrected chi connectivity index (χ4v) is 0.715. The number of hydrogen-bond acceptors (Lipinski definition) is 3. The molecule has 0 heterocycles. The normalized spacial score (nSPS) is 12.5. The fraction of sp³-hybridized carbons (Fsp3) is 0.714. The summed E-state index contributed by atoms with van der Waals surface area (Å²) in [6.07, 6.45) is 1.73. The van der Waals surface area contributed by atoms with E-state index in [0.717, 1.165) is 13.0 Å². The maximum atomic E-state index is 10.4. The molecule has 4 nitrogen and oxygen atoms in total. The Balaban J connectivity index is 3.57. The van der Waals surface area contributed by atoms with Gasteiger partial charge in [-0.15, -0.1) is 0 Å². The van der Waals surface area contributed by atoms with Gasteiger partial charge < -0.3 is 15.8 Å². The highest BCUT2D eigenvalue weighted by atomic mass is 16.1. The molecule has 0 aromatic rings. The Kier molecular flexibility index (Phi) is 5.37. The average Bonchev–Trinajstić information content (AvgIpc) is 1.97. The molecule has 0 aliphatic rings. The van der Waals surface area contributed by atoms with Gasteiger partial charge >= 0.3 is 0 Å². The van der Waals surface area contributed by atoms with Crippen LogP contribution < -0.4 is 11.1 Å². The first-order chi connectivity index (χ1) is 5.20. The molecule has 11 heavy (non-hydrogen) atoms. The number of rotatable bonds is 6. The zero-order chi connectivity index (χ0) is 8.69. The topological polar surface area (TPSA) is 72.2 Å². The zero-order valence-electron chi connectivity index (χ0n) is 6.67. The van der Waals surface area contributed by atoms with E-state index in [2.05, 4.69) is 5.32 Å². The molecule has 0 spiro atoms. The van der Waals surface area contributed by atoms with Gasteiger partial charge in [-0.05, 0) is 13.0 Å². The number of nitrogens with two attached hydrogens (primary N) is 1. The lowest BCUT2D eigenvalue weighted by molar-refractivity contribution is -0.120. The maximum Gasteiger partial charge on any atom is 0.219 e. The van der Waals surface area contributed by atoms with E-state index in [1.54, 1.807) is 0 Å². The molecule has 64 valence electrons. The third-order valence-electron chi connectivity index (χ3n) is 1.24. The van der Waals surface area contributed by atoms with Crippen molar-refractivity contribution in [3.05, 3.63) is 0 Å². The summed E-state index contributed by atoms with van der Waals surface area (Å²) in [5.74, 6) is -0.453. The van der Waals surface area contributed by atoms with E-state index < -0.39 is 11.9 Å². The summed E-state index contributed by atoms with van der Waals surface area (Å²) in [6, 6.07) is -0.410. The summed E-state index contributed by atoms with van der Waals surface area (Å²) in [5, 5.41) is 2.88. The van der Waals surface area contributed by atoms with Crippen molar-refractivity contribution < 1.29 is 9.59 Å². The Bertz CT molecular complexity index is 136. The molecule has 0 aromatic heterocycles. The van der Waals surface area contributed by atoms with Crippen molar-refractivity contribution in [2.24, 2.45) is 5.73 Å². The third kappa shape index (κ3) is 5.54. The lowest BCUT2D eigenvalue weighted by Gasteiger charge is -2.08. The zero-order valence-corrected chi connectivity index (χ0v) is 6.67. The van der Waals surface area contributed by atoms with Crippen LogP contribution in [0, 0.1) is 0 Å². The van der Waals surface area contributed by atoms with E-state index in [1.807, 2.05) is 6.92 Å². The van der Waals surface area contributed by atoms with E-state index in [0.29, 0.717) is 6.29 Å². The molecule has 0 radical (unpaired) electrons. The Morgan fingerprint density at radius 2 is 2.36 bits per heavy atom. The van der Waals surface area contributed by atoms with E-state index in [9.17, 15) is 9.59 Å². The van der Waals surface area contributed by atoms with E-state index >= 15 is 0 Å². The molecular weight excluding hydrogens is 144 g/mol. The van der Waals surface area contributed by atoms with Gasteiger partial charge in [0.1, 0.15) is 6.29 Å². The molecular formula is C7H14N2O2. The molecule has 0 saturated carbocycles. The van der Waals surface area contributed by atoms with Crippen LogP contribution >= 0.6 is 0 Å². The number of hydrogen-bond donors (Lipinski definition) is 2. The van der Waals surface area contributed by atoms with Gasteiger partial charge in [0.25, 0.3) is 0 Å². The van der Waals surface area contributed by atoms with Gasteiger partial charge in [-0.25, -0.2) is 0 Å². The minimum absolute atomic E-state index is 0.0868. The smallest absolute Gasteiger partial charge is 0.219 e. The van der Waals surface area contributed by atoms with Gasteiger partial charge in [0, 0.05) is 6.42 Å². The van der Waals surface area contributed by atoms with Crippen molar-refractivity contribution in [1.82, 2.24) is 5.32 Å². The van der Waals surface area contributed by atoms with Crippen molar-refractivity contribution in [3.8, 4) is 0 Å². The highest BCUT2D eigenvalue weighted by Gasteiger charge is 2.08. The highest BCUT2D eigenvalue weighted by molar-refractivity contribution is 5.78. The largest absolute Gasteiger partial charge is 0.370 e. The molecule has 0 fully saturated rings. The van der Waals surface area contributed by atoms with Crippen LogP contribution in [0.4, 0.5) is 0 Å². The molecule has 4 heteroatoms. The van der Waals surface area contributed by atoms with E-state index in [-0.39, 0.29) is 6.42 Å². The molecule has 1 amide bonds. The van der Waals surface area contributed by atoms with Crippen LogP contribution in [-0.2, 0) is 9.59 Å². The quantitative estimate of drug-likeness (QED) is 0.508. The number of primary amides is 1. The van der Waals surface area contributed by atoms with Crippen LogP contribution in [0.1, 0.15) is 19.8 Å². The molecule has 0 rings (SSSR count). The van der Waals surface area contributed by atoms with Gasteiger partial charge in [0.2, 0.25) is 5.91 Å². The first-order valence-corrected chi connectivity index (χ1v) is 3.67. The van der Waals surface area contributed by atoms with Crippen molar-refractivity contribution in [1.29, 1.82) is 0 Å². The van der Waals surface area contributed by atoms with Crippen molar-refractivity contribution in [2.75, 3.05) is 6.54 Å². The average molecular weight is 158 g/mol. The van der Waals surface area contributed by atoms with Crippen LogP contribution in [0.25, 0.3) is 0 Å². The molecule has 0 aliphatic carbocycles. The molecule has 0 unspecified atom stereocenters.